The molecule has 0 radical (unpaired) electrons. The predicted molar refractivity (Wildman–Crippen MR) is 167 cm³/mol. The number of nitriles is 1. The smallest absolute Gasteiger partial charge is 0.163 e. The van der Waals surface area contributed by atoms with Gasteiger partial charge in [0.05, 0.1) is 11.6 Å². The van der Waals surface area contributed by atoms with Crippen LogP contribution in [0.25, 0.3) is 28.3 Å². The van der Waals surface area contributed by atoms with Crippen molar-refractivity contribution in [1.29, 1.82) is 5.26 Å². The van der Waals surface area contributed by atoms with E-state index < -0.39 is 0 Å². The lowest BCUT2D eigenvalue weighted by Gasteiger charge is -2.48. The van der Waals surface area contributed by atoms with Crippen molar-refractivity contribution < 1.29 is 0 Å². The molecule has 0 amide bonds. The molecule has 0 N–H and O–H groups in total. The van der Waals surface area contributed by atoms with Gasteiger partial charge in [0, 0.05) is 32.3 Å². The second kappa shape index (κ2) is 9.65. The minimum absolute atomic E-state index is 0.0111. The molecule has 0 fully saturated rings. The van der Waals surface area contributed by atoms with E-state index in [0.29, 0.717) is 17.2 Å². The number of allylic oxidation sites excluding steroid dienone is 4. The van der Waals surface area contributed by atoms with E-state index in [9.17, 15) is 5.26 Å². The number of aromatic nitrogens is 3. The van der Waals surface area contributed by atoms with Gasteiger partial charge in [0.25, 0.3) is 0 Å². The largest absolute Gasteiger partial charge is 0.212 e. The van der Waals surface area contributed by atoms with Gasteiger partial charge in [-0.25, -0.2) is 15.0 Å². The lowest BCUT2D eigenvalue weighted by molar-refractivity contribution is 0.384. The van der Waals surface area contributed by atoms with Crippen molar-refractivity contribution >= 4 is 17.3 Å². The molecule has 3 aliphatic rings. The van der Waals surface area contributed by atoms with Gasteiger partial charge in [0.15, 0.2) is 11.6 Å². The van der Waals surface area contributed by atoms with Crippen LogP contribution in [0.15, 0.2) is 125 Å². The first-order chi connectivity index (χ1) is 20.6. The maximum Gasteiger partial charge on any atom is 0.163 e. The summed E-state index contributed by atoms with van der Waals surface area (Å²) in [6.07, 6.45) is 7.65. The van der Waals surface area contributed by atoms with Gasteiger partial charge in [0.2, 0.25) is 0 Å². The van der Waals surface area contributed by atoms with Crippen LogP contribution in [0.5, 0.6) is 0 Å². The van der Waals surface area contributed by atoms with Crippen LogP contribution in [0.2, 0.25) is 0 Å². The van der Waals surface area contributed by atoms with Gasteiger partial charge in [-0.2, -0.15) is 5.26 Å². The average Bonchev–Trinajstić information content (AvgIpc) is 3.05. The minimum atomic E-state index is -0.205. The Morgan fingerprint density at radius 3 is 2.21 bits per heavy atom. The standard InChI is InChI=1S/C37H26N4S/c1-37-21-29-26(27-15-9-17-31(33(27)37)42-32-20-23(22-38)18-19-30(32)37)14-8-16-28(29)36-40-34(24-10-4-2-5-11-24)39-35(41-36)25-12-6-3-7-13-25/h2-20,28-29H,21H2,1H3. The van der Waals surface area contributed by atoms with Crippen LogP contribution < -0.4 is 0 Å². The molecule has 4 nitrogen and oxygen atoms in total. The van der Waals surface area contributed by atoms with Crippen molar-refractivity contribution in [2.24, 2.45) is 5.92 Å². The Labute approximate surface area is 249 Å². The maximum atomic E-state index is 9.61. The third-order valence-corrected chi connectivity index (χ3v) is 10.0. The van der Waals surface area contributed by atoms with Crippen LogP contribution in [-0.2, 0) is 5.41 Å². The molecule has 3 unspecified atom stereocenters. The Morgan fingerprint density at radius 1 is 0.810 bits per heavy atom. The first-order valence-corrected chi connectivity index (χ1v) is 15.1. The summed E-state index contributed by atoms with van der Waals surface area (Å²) in [6, 6.07) is 35.5. The fourth-order valence-electron chi connectivity index (χ4n) is 6.96. The topological polar surface area (TPSA) is 62.5 Å². The van der Waals surface area contributed by atoms with Gasteiger partial charge < -0.3 is 0 Å². The number of hydrogen-bond acceptors (Lipinski definition) is 5. The molecule has 0 saturated carbocycles. The Bertz CT molecular complexity index is 1920. The molecule has 5 aromatic rings. The Morgan fingerprint density at radius 2 is 1.52 bits per heavy atom. The highest BCUT2D eigenvalue weighted by Gasteiger charge is 2.48. The molecule has 0 spiro atoms. The van der Waals surface area contributed by atoms with Crippen molar-refractivity contribution in [1.82, 2.24) is 15.0 Å². The molecule has 8 rings (SSSR count). The number of fused-ring (bicyclic) bond motifs is 4. The van der Waals surface area contributed by atoms with Crippen molar-refractivity contribution in [2.45, 2.75) is 34.5 Å². The summed E-state index contributed by atoms with van der Waals surface area (Å²) >= 11 is 1.78. The summed E-state index contributed by atoms with van der Waals surface area (Å²) in [5, 5.41) is 9.61. The third-order valence-electron chi connectivity index (χ3n) is 8.88. The van der Waals surface area contributed by atoms with E-state index in [1.54, 1.807) is 11.8 Å². The van der Waals surface area contributed by atoms with Gasteiger partial charge in [-0.3, -0.25) is 0 Å². The van der Waals surface area contributed by atoms with Crippen LogP contribution >= 0.6 is 11.8 Å². The van der Waals surface area contributed by atoms with E-state index in [1.807, 2.05) is 42.5 Å². The molecule has 2 heterocycles. The zero-order valence-electron chi connectivity index (χ0n) is 23.0. The van der Waals surface area contributed by atoms with Crippen LogP contribution in [0.1, 0.15) is 47.3 Å². The molecular weight excluding hydrogens is 533 g/mol. The number of benzene rings is 4. The Hall–Kier alpha value is -4.79. The van der Waals surface area contributed by atoms with Crippen molar-refractivity contribution in [2.75, 3.05) is 0 Å². The molecule has 2 aliphatic carbocycles. The van der Waals surface area contributed by atoms with E-state index in [1.165, 1.54) is 32.1 Å². The maximum absolute atomic E-state index is 9.61. The summed E-state index contributed by atoms with van der Waals surface area (Å²) in [5.74, 6) is 2.35. The predicted octanol–water partition coefficient (Wildman–Crippen LogP) is 8.60. The molecule has 3 atom stereocenters. The van der Waals surface area contributed by atoms with Crippen LogP contribution in [0, 0.1) is 17.2 Å². The van der Waals surface area contributed by atoms with Gasteiger partial charge in [-0.15, -0.1) is 0 Å². The third kappa shape index (κ3) is 3.87. The zero-order chi connectivity index (χ0) is 28.3. The summed E-state index contributed by atoms with van der Waals surface area (Å²) in [4.78, 5) is 17.6. The highest BCUT2D eigenvalue weighted by atomic mass is 32.2. The summed E-state index contributed by atoms with van der Waals surface area (Å²) in [5.41, 5.74) is 7.80. The summed E-state index contributed by atoms with van der Waals surface area (Å²) in [7, 11) is 0. The van der Waals surface area contributed by atoms with Crippen LogP contribution in [0.4, 0.5) is 0 Å². The average molecular weight is 559 g/mol. The molecular formula is C37H26N4S. The van der Waals surface area contributed by atoms with Crippen molar-refractivity contribution in [3.05, 3.63) is 143 Å². The minimum Gasteiger partial charge on any atom is -0.212 e. The van der Waals surface area contributed by atoms with Crippen molar-refractivity contribution in [3.63, 3.8) is 0 Å². The summed E-state index contributed by atoms with van der Waals surface area (Å²) < 4.78 is 0. The molecule has 1 aliphatic heterocycles. The monoisotopic (exact) mass is 558 g/mol. The first kappa shape index (κ1) is 25.0. The fourth-order valence-corrected chi connectivity index (χ4v) is 8.37. The second-order valence-corrected chi connectivity index (χ2v) is 12.4. The van der Waals surface area contributed by atoms with Crippen molar-refractivity contribution in [3.8, 4) is 28.8 Å². The van der Waals surface area contributed by atoms with E-state index in [0.717, 1.165) is 23.4 Å². The zero-order valence-corrected chi connectivity index (χ0v) is 23.8. The van der Waals surface area contributed by atoms with E-state index >= 15 is 0 Å². The summed E-state index contributed by atoms with van der Waals surface area (Å²) in [6.45, 7) is 2.38. The Balaban J connectivity index is 1.30. The number of nitrogens with zero attached hydrogens (tertiary/aromatic N) is 4. The quantitative estimate of drug-likeness (QED) is 0.222. The van der Waals surface area contributed by atoms with Gasteiger partial charge in [-0.05, 0) is 52.8 Å². The molecule has 1 aromatic heterocycles. The number of rotatable bonds is 3. The fraction of sp³-hybridized carbons (Fsp3) is 0.135. The SMILES string of the molecule is CC12CC3C(=CC=CC3c3nc(-c4ccccc4)nc(-c4ccccc4)n3)c3cccc(c31)Sc1cc(C#N)ccc12. The number of hydrogen-bond donors (Lipinski definition) is 0. The van der Waals surface area contributed by atoms with E-state index in [2.05, 4.69) is 85.8 Å². The Kier molecular flexibility index (Phi) is 5.73. The molecule has 0 saturated heterocycles. The van der Waals surface area contributed by atoms with Gasteiger partial charge >= 0.3 is 0 Å². The molecule has 5 heteroatoms. The van der Waals surface area contributed by atoms with Crippen LogP contribution in [-0.4, -0.2) is 15.0 Å². The molecule has 42 heavy (non-hydrogen) atoms. The van der Waals surface area contributed by atoms with E-state index in [-0.39, 0.29) is 17.3 Å². The first-order valence-electron chi connectivity index (χ1n) is 14.2. The normalized spacial score (nSPS) is 21.4. The van der Waals surface area contributed by atoms with Gasteiger partial charge in [0.1, 0.15) is 5.82 Å². The lowest BCUT2D eigenvalue weighted by atomic mass is 9.58. The highest BCUT2D eigenvalue weighted by molar-refractivity contribution is 7.99. The van der Waals surface area contributed by atoms with E-state index in [4.69, 9.17) is 15.0 Å². The van der Waals surface area contributed by atoms with Crippen LogP contribution in [0.3, 0.4) is 0 Å². The molecule has 200 valence electrons. The van der Waals surface area contributed by atoms with Gasteiger partial charge in [-0.1, -0.05) is 116 Å². The second-order valence-electron chi connectivity index (χ2n) is 11.4. The molecule has 4 aromatic carbocycles. The lowest BCUT2D eigenvalue weighted by Crippen LogP contribution is -2.38. The molecule has 0 bridgehead atoms. The highest BCUT2D eigenvalue weighted by Crippen LogP contribution is 2.60.